The molecule has 0 fully saturated rings. The topological polar surface area (TPSA) is 38.9 Å². The molecular formula is C11H12N2S2. The zero-order valence-corrected chi connectivity index (χ0v) is 10.3. The van der Waals surface area contributed by atoms with Crippen LogP contribution in [0.3, 0.4) is 0 Å². The van der Waals surface area contributed by atoms with Gasteiger partial charge in [-0.15, -0.1) is 11.3 Å². The number of nitrogens with two attached hydrogens (primary N) is 1. The molecule has 2 nitrogen and oxygen atoms in total. The van der Waals surface area contributed by atoms with E-state index in [1.54, 1.807) is 23.1 Å². The van der Waals surface area contributed by atoms with Crippen LogP contribution in [0.4, 0.5) is 5.69 Å². The molecule has 2 rings (SSSR count). The maximum Gasteiger partial charge on any atom is 0.154 e. The summed E-state index contributed by atoms with van der Waals surface area (Å²) in [4.78, 5) is 5.53. The lowest BCUT2D eigenvalue weighted by molar-refractivity contribution is 1.15. The third-order valence-electron chi connectivity index (χ3n) is 2.03. The number of anilines is 1. The SMILES string of the molecule is Cc1csc(Sc2c(C)cccc2N)n1. The van der Waals surface area contributed by atoms with Gasteiger partial charge in [0.2, 0.25) is 0 Å². The normalized spacial score (nSPS) is 10.5. The van der Waals surface area contributed by atoms with Crippen molar-refractivity contribution < 1.29 is 0 Å². The summed E-state index contributed by atoms with van der Waals surface area (Å²) in [6.45, 7) is 4.07. The number of aromatic nitrogens is 1. The summed E-state index contributed by atoms with van der Waals surface area (Å²) in [6.07, 6.45) is 0. The summed E-state index contributed by atoms with van der Waals surface area (Å²) in [5, 5.41) is 2.05. The average Bonchev–Trinajstić information content (AvgIpc) is 2.58. The molecule has 0 spiro atoms. The van der Waals surface area contributed by atoms with Crippen molar-refractivity contribution in [2.75, 3.05) is 5.73 Å². The van der Waals surface area contributed by atoms with E-state index in [2.05, 4.69) is 23.4 Å². The van der Waals surface area contributed by atoms with E-state index in [9.17, 15) is 0 Å². The lowest BCUT2D eigenvalue weighted by Crippen LogP contribution is -1.90. The zero-order valence-electron chi connectivity index (χ0n) is 8.65. The van der Waals surface area contributed by atoms with Gasteiger partial charge in [-0.25, -0.2) is 4.98 Å². The molecule has 0 unspecified atom stereocenters. The van der Waals surface area contributed by atoms with Crippen molar-refractivity contribution in [1.29, 1.82) is 0 Å². The van der Waals surface area contributed by atoms with Crippen LogP contribution in [0.25, 0.3) is 0 Å². The molecule has 1 aromatic heterocycles. The Balaban J connectivity index is 2.31. The first-order chi connectivity index (χ1) is 7.16. The Morgan fingerprint density at radius 3 is 2.73 bits per heavy atom. The summed E-state index contributed by atoms with van der Waals surface area (Å²) in [6, 6.07) is 5.97. The summed E-state index contributed by atoms with van der Waals surface area (Å²) < 4.78 is 1.05. The van der Waals surface area contributed by atoms with Crippen molar-refractivity contribution in [3.63, 3.8) is 0 Å². The molecule has 78 valence electrons. The van der Waals surface area contributed by atoms with Crippen molar-refractivity contribution >= 4 is 28.8 Å². The van der Waals surface area contributed by atoms with Gasteiger partial charge in [0.1, 0.15) is 0 Å². The number of hydrogen-bond donors (Lipinski definition) is 1. The molecule has 0 aliphatic heterocycles. The highest BCUT2D eigenvalue weighted by Gasteiger charge is 2.07. The van der Waals surface area contributed by atoms with Crippen LogP contribution in [0.5, 0.6) is 0 Å². The highest BCUT2D eigenvalue weighted by molar-refractivity contribution is 8.01. The number of hydrogen-bond acceptors (Lipinski definition) is 4. The van der Waals surface area contributed by atoms with Gasteiger partial charge in [0, 0.05) is 21.7 Å². The highest BCUT2D eigenvalue weighted by atomic mass is 32.2. The summed E-state index contributed by atoms with van der Waals surface area (Å²) >= 11 is 3.30. The van der Waals surface area contributed by atoms with E-state index in [-0.39, 0.29) is 0 Å². The maximum atomic E-state index is 5.93. The second-order valence-electron chi connectivity index (χ2n) is 3.35. The Hall–Kier alpha value is -1.00. The van der Waals surface area contributed by atoms with Gasteiger partial charge in [-0.2, -0.15) is 0 Å². The molecule has 0 saturated heterocycles. The zero-order chi connectivity index (χ0) is 10.8. The fraction of sp³-hybridized carbons (Fsp3) is 0.182. The standard InChI is InChI=1S/C11H12N2S2/c1-7-4-3-5-9(12)10(7)15-11-13-8(2)6-14-11/h3-6H,12H2,1-2H3. The second kappa shape index (κ2) is 4.24. The van der Waals surface area contributed by atoms with E-state index >= 15 is 0 Å². The van der Waals surface area contributed by atoms with E-state index in [4.69, 9.17) is 5.73 Å². The molecule has 1 heterocycles. The van der Waals surface area contributed by atoms with Gasteiger partial charge in [-0.1, -0.05) is 23.9 Å². The van der Waals surface area contributed by atoms with Crippen LogP contribution in [0, 0.1) is 13.8 Å². The molecule has 0 amide bonds. The van der Waals surface area contributed by atoms with Gasteiger partial charge in [-0.05, 0) is 25.5 Å². The lowest BCUT2D eigenvalue weighted by Gasteiger charge is -2.05. The van der Waals surface area contributed by atoms with Gasteiger partial charge in [0.05, 0.1) is 0 Å². The molecule has 4 heteroatoms. The van der Waals surface area contributed by atoms with Gasteiger partial charge in [0.25, 0.3) is 0 Å². The number of aryl methyl sites for hydroxylation is 2. The largest absolute Gasteiger partial charge is 0.398 e. The quantitative estimate of drug-likeness (QED) is 0.811. The smallest absolute Gasteiger partial charge is 0.154 e. The molecule has 2 aromatic rings. The fourth-order valence-electron chi connectivity index (χ4n) is 1.28. The number of benzene rings is 1. The fourth-order valence-corrected chi connectivity index (χ4v) is 3.17. The van der Waals surface area contributed by atoms with Crippen LogP contribution in [-0.2, 0) is 0 Å². The van der Waals surface area contributed by atoms with Crippen LogP contribution < -0.4 is 5.73 Å². The van der Waals surface area contributed by atoms with E-state index < -0.39 is 0 Å². The molecule has 0 aliphatic carbocycles. The Labute approximate surface area is 97.5 Å². The molecule has 0 aliphatic rings. The molecule has 0 bridgehead atoms. The molecule has 15 heavy (non-hydrogen) atoms. The third kappa shape index (κ3) is 2.33. The summed E-state index contributed by atoms with van der Waals surface area (Å²) in [7, 11) is 0. The maximum absolute atomic E-state index is 5.93. The first kappa shape index (κ1) is 10.5. The van der Waals surface area contributed by atoms with E-state index in [0.717, 1.165) is 20.6 Å². The van der Waals surface area contributed by atoms with Crippen LogP contribution in [0.2, 0.25) is 0 Å². The van der Waals surface area contributed by atoms with Crippen LogP contribution in [0.1, 0.15) is 11.3 Å². The Morgan fingerprint density at radius 1 is 1.33 bits per heavy atom. The second-order valence-corrected chi connectivity index (χ2v) is 5.47. The summed E-state index contributed by atoms with van der Waals surface area (Å²) in [5.41, 5.74) is 9.02. The Kier molecular flexibility index (Phi) is 2.98. The van der Waals surface area contributed by atoms with Gasteiger partial charge < -0.3 is 5.73 Å². The van der Waals surface area contributed by atoms with Crippen molar-refractivity contribution in [1.82, 2.24) is 4.98 Å². The Bertz CT molecular complexity index is 457. The first-order valence-corrected chi connectivity index (χ1v) is 6.31. The summed E-state index contributed by atoms with van der Waals surface area (Å²) in [5.74, 6) is 0. The van der Waals surface area contributed by atoms with E-state index in [0.29, 0.717) is 0 Å². The van der Waals surface area contributed by atoms with Gasteiger partial charge in [0.15, 0.2) is 4.34 Å². The molecule has 0 saturated carbocycles. The number of rotatable bonds is 2. The Morgan fingerprint density at radius 2 is 2.13 bits per heavy atom. The van der Waals surface area contributed by atoms with Crippen molar-refractivity contribution in [2.24, 2.45) is 0 Å². The van der Waals surface area contributed by atoms with Crippen molar-refractivity contribution in [2.45, 2.75) is 23.1 Å². The monoisotopic (exact) mass is 236 g/mol. The minimum atomic E-state index is 0.827. The number of nitrogen functional groups attached to an aromatic ring is 1. The molecule has 2 N–H and O–H groups in total. The predicted molar refractivity (Wildman–Crippen MR) is 66.6 cm³/mol. The highest BCUT2D eigenvalue weighted by Crippen LogP contribution is 2.35. The minimum absolute atomic E-state index is 0.827. The minimum Gasteiger partial charge on any atom is -0.398 e. The van der Waals surface area contributed by atoms with Gasteiger partial charge in [-0.3, -0.25) is 0 Å². The van der Waals surface area contributed by atoms with Crippen LogP contribution >= 0.6 is 23.1 Å². The predicted octanol–water partition coefficient (Wildman–Crippen LogP) is 3.49. The molecule has 0 atom stereocenters. The average molecular weight is 236 g/mol. The van der Waals surface area contributed by atoms with Crippen molar-refractivity contribution in [3.05, 3.63) is 34.8 Å². The van der Waals surface area contributed by atoms with E-state index in [1.165, 1.54) is 5.56 Å². The third-order valence-corrected chi connectivity index (χ3v) is 4.35. The number of thiazole rings is 1. The molecular weight excluding hydrogens is 224 g/mol. The molecule has 0 radical (unpaired) electrons. The molecule has 1 aromatic carbocycles. The van der Waals surface area contributed by atoms with Crippen LogP contribution in [0.15, 0.2) is 32.8 Å². The number of nitrogens with zero attached hydrogens (tertiary/aromatic N) is 1. The van der Waals surface area contributed by atoms with Crippen LogP contribution in [-0.4, -0.2) is 4.98 Å². The van der Waals surface area contributed by atoms with E-state index in [1.807, 2.05) is 19.1 Å². The van der Waals surface area contributed by atoms with Gasteiger partial charge >= 0.3 is 0 Å². The van der Waals surface area contributed by atoms with Crippen molar-refractivity contribution in [3.8, 4) is 0 Å². The first-order valence-electron chi connectivity index (χ1n) is 4.62. The lowest BCUT2D eigenvalue weighted by atomic mass is 10.2.